The maximum absolute atomic E-state index is 11.0. The van der Waals surface area contributed by atoms with Gasteiger partial charge in [-0.2, -0.15) is 0 Å². The van der Waals surface area contributed by atoms with Crippen LogP contribution >= 0.6 is 0 Å². The molecule has 1 rings (SSSR count). The molecular formula is C11H16N2O3. The molecule has 0 radical (unpaired) electrons. The highest BCUT2D eigenvalue weighted by atomic mass is 16.5. The van der Waals surface area contributed by atoms with Gasteiger partial charge >= 0.3 is 0 Å². The van der Waals surface area contributed by atoms with E-state index in [4.69, 9.17) is 15.2 Å². The SMILES string of the molecule is COCCOc1cncc(C(C)C(N)=O)c1. The van der Waals surface area contributed by atoms with Crippen LogP contribution in [0.2, 0.25) is 0 Å². The minimum Gasteiger partial charge on any atom is -0.490 e. The number of carbonyl (C=O) groups is 1. The second kappa shape index (κ2) is 6.07. The maximum atomic E-state index is 11.0. The summed E-state index contributed by atoms with van der Waals surface area (Å²) in [6, 6.07) is 1.76. The fourth-order valence-corrected chi connectivity index (χ4v) is 1.16. The van der Waals surface area contributed by atoms with Gasteiger partial charge in [0.15, 0.2) is 0 Å². The molecule has 0 spiro atoms. The number of primary amides is 1. The van der Waals surface area contributed by atoms with Crippen LogP contribution in [-0.2, 0) is 9.53 Å². The van der Waals surface area contributed by atoms with E-state index in [-0.39, 0.29) is 11.8 Å². The third-order valence-corrected chi connectivity index (χ3v) is 2.22. The summed E-state index contributed by atoms with van der Waals surface area (Å²) in [6.07, 6.45) is 3.20. The number of nitrogens with zero attached hydrogens (tertiary/aromatic N) is 1. The molecule has 0 saturated heterocycles. The highest BCUT2D eigenvalue weighted by molar-refractivity contribution is 5.81. The number of rotatable bonds is 6. The zero-order valence-corrected chi connectivity index (χ0v) is 9.47. The summed E-state index contributed by atoms with van der Waals surface area (Å²) in [5.74, 6) is -0.128. The van der Waals surface area contributed by atoms with Crippen molar-refractivity contribution in [3.63, 3.8) is 0 Å². The average molecular weight is 224 g/mol. The molecule has 1 amide bonds. The molecule has 0 aliphatic rings. The number of pyridine rings is 1. The fraction of sp³-hybridized carbons (Fsp3) is 0.455. The minimum absolute atomic E-state index is 0.363. The Hall–Kier alpha value is -1.62. The molecule has 0 aliphatic heterocycles. The van der Waals surface area contributed by atoms with Crippen molar-refractivity contribution in [3.8, 4) is 5.75 Å². The van der Waals surface area contributed by atoms with Crippen LogP contribution in [0.5, 0.6) is 5.75 Å². The van der Waals surface area contributed by atoms with Gasteiger partial charge in [-0.05, 0) is 18.6 Å². The summed E-state index contributed by atoms with van der Waals surface area (Å²) in [5, 5.41) is 0. The van der Waals surface area contributed by atoms with Crippen molar-refractivity contribution in [2.45, 2.75) is 12.8 Å². The van der Waals surface area contributed by atoms with Gasteiger partial charge in [0.1, 0.15) is 12.4 Å². The molecular weight excluding hydrogens is 208 g/mol. The van der Waals surface area contributed by atoms with Gasteiger partial charge in [0.25, 0.3) is 0 Å². The van der Waals surface area contributed by atoms with Crippen molar-refractivity contribution >= 4 is 5.91 Å². The van der Waals surface area contributed by atoms with Crippen molar-refractivity contribution in [1.82, 2.24) is 4.98 Å². The van der Waals surface area contributed by atoms with Crippen LogP contribution in [0.15, 0.2) is 18.5 Å². The summed E-state index contributed by atoms with van der Waals surface area (Å²) in [6.45, 7) is 2.69. The quantitative estimate of drug-likeness (QED) is 0.721. The summed E-state index contributed by atoms with van der Waals surface area (Å²) < 4.78 is 10.2. The summed E-state index contributed by atoms with van der Waals surface area (Å²) >= 11 is 0. The van der Waals surface area contributed by atoms with Gasteiger partial charge in [-0.3, -0.25) is 9.78 Å². The van der Waals surface area contributed by atoms with E-state index in [0.29, 0.717) is 19.0 Å². The Morgan fingerprint density at radius 3 is 2.88 bits per heavy atom. The lowest BCUT2D eigenvalue weighted by atomic mass is 10.0. The molecule has 0 aromatic carbocycles. The molecule has 0 fully saturated rings. The van der Waals surface area contributed by atoms with E-state index in [2.05, 4.69) is 4.98 Å². The zero-order chi connectivity index (χ0) is 12.0. The number of methoxy groups -OCH3 is 1. The monoisotopic (exact) mass is 224 g/mol. The number of aromatic nitrogens is 1. The van der Waals surface area contributed by atoms with Crippen molar-refractivity contribution in [1.29, 1.82) is 0 Å². The molecule has 1 aromatic heterocycles. The lowest BCUT2D eigenvalue weighted by Gasteiger charge is -2.09. The molecule has 0 bridgehead atoms. The number of hydrogen-bond acceptors (Lipinski definition) is 4. The van der Waals surface area contributed by atoms with E-state index in [1.807, 2.05) is 0 Å². The smallest absolute Gasteiger partial charge is 0.224 e. The summed E-state index contributed by atoms with van der Waals surface area (Å²) in [5.41, 5.74) is 5.96. The Morgan fingerprint density at radius 1 is 1.50 bits per heavy atom. The van der Waals surface area contributed by atoms with E-state index in [0.717, 1.165) is 5.56 Å². The zero-order valence-electron chi connectivity index (χ0n) is 9.47. The highest BCUT2D eigenvalue weighted by Crippen LogP contribution is 2.18. The van der Waals surface area contributed by atoms with Crippen LogP contribution in [0.1, 0.15) is 18.4 Å². The summed E-state index contributed by atoms with van der Waals surface area (Å²) in [4.78, 5) is 15.0. The Labute approximate surface area is 94.6 Å². The van der Waals surface area contributed by atoms with Gasteiger partial charge in [0, 0.05) is 13.3 Å². The van der Waals surface area contributed by atoms with Gasteiger partial charge in [-0.25, -0.2) is 0 Å². The number of ether oxygens (including phenoxy) is 2. The molecule has 1 unspecified atom stereocenters. The molecule has 5 nitrogen and oxygen atoms in total. The van der Waals surface area contributed by atoms with Crippen molar-refractivity contribution in [2.24, 2.45) is 5.73 Å². The molecule has 1 atom stereocenters. The topological polar surface area (TPSA) is 74.4 Å². The lowest BCUT2D eigenvalue weighted by molar-refractivity contribution is -0.119. The van der Waals surface area contributed by atoms with Crippen molar-refractivity contribution in [2.75, 3.05) is 20.3 Å². The second-order valence-electron chi connectivity index (χ2n) is 3.42. The molecule has 16 heavy (non-hydrogen) atoms. The van der Waals surface area contributed by atoms with E-state index < -0.39 is 0 Å². The van der Waals surface area contributed by atoms with Crippen LogP contribution in [0.4, 0.5) is 0 Å². The Balaban J connectivity index is 2.67. The van der Waals surface area contributed by atoms with Crippen LogP contribution in [0.25, 0.3) is 0 Å². The third kappa shape index (κ3) is 3.51. The van der Waals surface area contributed by atoms with Gasteiger partial charge in [-0.1, -0.05) is 0 Å². The normalized spacial score (nSPS) is 12.1. The maximum Gasteiger partial charge on any atom is 0.224 e. The number of carbonyl (C=O) groups excluding carboxylic acids is 1. The number of amides is 1. The third-order valence-electron chi connectivity index (χ3n) is 2.22. The van der Waals surface area contributed by atoms with Crippen molar-refractivity contribution in [3.05, 3.63) is 24.0 Å². The van der Waals surface area contributed by atoms with Gasteiger partial charge in [0.2, 0.25) is 5.91 Å². The molecule has 2 N–H and O–H groups in total. The van der Waals surface area contributed by atoms with Crippen LogP contribution in [-0.4, -0.2) is 31.2 Å². The first-order chi connectivity index (χ1) is 7.65. The molecule has 1 heterocycles. The second-order valence-corrected chi connectivity index (χ2v) is 3.42. The van der Waals surface area contributed by atoms with E-state index in [1.165, 1.54) is 0 Å². The fourth-order valence-electron chi connectivity index (χ4n) is 1.16. The van der Waals surface area contributed by atoms with E-state index in [1.54, 1.807) is 32.5 Å². The predicted octanol–water partition coefficient (Wildman–Crippen LogP) is 0.696. The van der Waals surface area contributed by atoms with E-state index >= 15 is 0 Å². The van der Waals surface area contributed by atoms with Gasteiger partial charge in [0.05, 0.1) is 18.7 Å². The standard InChI is InChI=1S/C11H16N2O3/c1-8(11(12)14)9-5-10(7-13-6-9)16-4-3-15-2/h5-8H,3-4H2,1-2H3,(H2,12,14). The van der Waals surface area contributed by atoms with E-state index in [9.17, 15) is 4.79 Å². The first kappa shape index (κ1) is 12.4. The van der Waals surface area contributed by atoms with Crippen LogP contribution in [0.3, 0.4) is 0 Å². The van der Waals surface area contributed by atoms with Gasteiger partial charge < -0.3 is 15.2 Å². The minimum atomic E-state index is -0.379. The highest BCUT2D eigenvalue weighted by Gasteiger charge is 2.12. The summed E-state index contributed by atoms with van der Waals surface area (Å²) in [7, 11) is 1.60. The molecule has 0 aliphatic carbocycles. The Kier molecular flexibility index (Phi) is 4.72. The number of hydrogen-bond donors (Lipinski definition) is 1. The first-order valence-electron chi connectivity index (χ1n) is 5.01. The Morgan fingerprint density at radius 2 is 2.25 bits per heavy atom. The number of nitrogens with two attached hydrogens (primary N) is 1. The van der Waals surface area contributed by atoms with Crippen LogP contribution < -0.4 is 10.5 Å². The molecule has 88 valence electrons. The molecule has 0 saturated carbocycles. The van der Waals surface area contributed by atoms with Gasteiger partial charge in [-0.15, -0.1) is 0 Å². The largest absolute Gasteiger partial charge is 0.490 e. The van der Waals surface area contributed by atoms with Crippen molar-refractivity contribution < 1.29 is 14.3 Å². The Bertz CT molecular complexity index is 355. The first-order valence-corrected chi connectivity index (χ1v) is 5.01. The predicted molar refractivity (Wildman–Crippen MR) is 59.2 cm³/mol. The van der Waals surface area contributed by atoms with Crippen LogP contribution in [0, 0.1) is 0 Å². The average Bonchev–Trinajstić information content (AvgIpc) is 2.29. The lowest BCUT2D eigenvalue weighted by Crippen LogP contribution is -2.18. The molecule has 1 aromatic rings. The molecule has 5 heteroatoms.